The van der Waals surface area contributed by atoms with Crippen LogP contribution >= 0.6 is 11.6 Å². The number of allylic oxidation sites excluding steroid dienone is 6. The van der Waals surface area contributed by atoms with Crippen molar-refractivity contribution in [2.24, 2.45) is 0 Å². The molecule has 1 aromatic carbocycles. The van der Waals surface area contributed by atoms with Gasteiger partial charge >= 0.3 is 5.97 Å². The average Bonchev–Trinajstić information content (AvgIpc) is 2.58. The van der Waals surface area contributed by atoms with Gasteiger partial charge in [-0.05, 0) is 57.4 Å². The fourth-order valence-corrected chi connectivity index (χ4v) is 2.63. The molecule has 1 aromatic rings. The molecule has 0 N–H and O–H groups in total. The normalized spacial score (nSPS) is 12.9. The summed E-state index contributed by atoms with van der Waals surface area (Å²) in [4.78, 5) is 11.4. The van der Waals surface area contributed by atoms with Crippen molar-refractivity contribution in [3.63, 3.8) is 0 Å². The first-order valence-corrected chi connectivity index (χ1v) is 8.89. The van der Waals surface area contributed by atoms with E-state index >= 15 is 0 Å². The predicted molar refractivity (Wildman–Crippen MR) is 110 cm³/mol. The largest absolute Gasteiger partial charge is 0.496 e. The maximum atomic E-state index is 11.4. The van der Waals surface area contributed by atoms with E-state index in [4.69, 9.17) is 21.1 Å². The Balaban J connectivity index is 2.89. The van der Waals surface area contributed by atoms with Crippen molar-refractivity contribution < 1.29 is 14.3 Å². The highest BCUT2D eigenvalue weighted by molar-refractivity contribution is 6.33. The molecule has 0 atom stereocenters. The molecular weight excluding hydrogens is 348 g/mol. The number of carbonyl (C=O) groups is 1. The molecule has 0 spiro atoms. The van der Waals surface area contributed by atoms with Crippen LogP contribution in [0.2, 0.25) is 5.02 Å². The number of esters is 1. The van der Waals surface area contributed by atoms with Crippen LogP contribution in [0.25, 0.3) is 6.08 Å². The van der Waals surface area contributed by atoms with Crippen LogP contribution in [0.3, 0.4) is 0 Å². The number of ether oxygens (including phenoxy) is 2. The lowest BCUT2D eigenvalue weighted by Crippen LogP contribution is -1.99. The monoisotopic (exact) mass is 374 g/mol. The van der Waals surface area contributed by atoms with Gasteiger partial charge in [-0.15, -0.1) is 0 Å². The third kappa shape index (κ3) is 6.57. The molecule has 3 nitrogen and oxygen atoms in total. The Kier molecular flexibility index (Phi) is 8.94. The molecule has 140 valence electrons. The number of halogens is 1. The lowest BCUT2D eigenvalue weighted by Gasteiger charge is -2.12. The van der Waals surface area contributed by atoms with Gasteiger partial charge in [-0.2, -0.15) is 0 Å². The number of carbonyl (C=O) groups excluding carboxylic acids is 1. The highest BCUT2D eigenvalue weighted by Crippen LogP contribution is 2.32. The Morgan fingerprint density at radius 3 is 2.50 bits per heavy atom. The molecule has 0 aliphatic rings. The Morgan fingerprint density at radius 1 is 1.19 bits per heavy atom. The second-order valence-corrected chi connectivity index (χ2v) is 6.37. The zero-order valence-electron chi connectivity index (χ0n) is 16.4. The molecule has 0 aromatic heterocycles. The molecule has 0 unspecified atom stereocenters. The van der Waals surface area contributed by atoms with E-state index in [0.29, 0.717) is 11.6 Å². The minimum absolute atomic E-state index is 0.324. The molecule has 0 amide bonds. The predicted octanol–water partition coefficient (Wildman–Crippen LogP) is 5.99. The fraction of sp³-hybridized carbons (Fsp3) is 0.318. The van der Waals surface area contributed by atoms with Crippen LogP contribution in [0.4, 0.5) is 0 Å². The second-order valence-electron chi connectivity index (χ2n) is 5.99. The average molecular weight is 375 g/mol. The van der Waals surface area contributed by atoms with Crippen LogP contribution in [-0.4, -0.2) is 19.7 Å². The van der Waals surface area contributed by atoms with Crippen molar-refractivity contribution in [3.8, 4) is 5.75 Å². The quantitative estimate of drug-likeness (QED) is 0.334. The molecule has 1 rings (SSSR count). The molecule has 4 heteroatoms. The standard InChI is InChI=1S/C22H27ClO3/c1-7-26-21(24)13-16(3)10-8-9-15(2)11-12-19-17(4)14-20(25-6)18(5)22(19)23/h8-14H,7H2,1-6H3/b10-8+,12-11?,15-9?,16-13+. The number of methoxy groups -OCH3 is 1. The van der Waals surface area contributed by atoms with Gasteiger partial charge in [0.15, 0.2) is 0 Å². The molecule has 0 radical (unpaired) electrons. The van der Waals surface area contributed by atoms with Crippen molar-refractivity contribution in [2.75, 3.05) is 13.7 Å². The van der Waals surface area contributed by atoms with Crippen molar-refractivity contribution in [1.29, 1.82) is 0 Å². The van der Waals surface area contributed by atoms with Crippen LogP contribution in [0, 0.1) is 13.8 Å². The number of rotatable bonds is 7. The summed E-state index contributed by atoms with van der Waals surface area (Å²) >= 11 is 6.47. The van der Waals surface area contributed by atoms with Crippen molar-refractivity contribution in [3.05, 3.63) is 69.3 Å². The van der Waals surface area contributed by atoms with E-state index in [1.807, 2.05) is 64.1 Å². The van der Waals surface area contributed by atoms with Gasteiger partial charge in [0.2, 0.25) is 0 Å². The SMILES string of the molecule is CCOC(=O)/C=C(C)/C=C/C=C(C)C=Cc1c(C)cc(OC)c(C)c1Cl. The topological polar surface area (TPSA) is 35.5 Å². The lowest BCUT2D eigenvalue weighted by molar-refractivity contribution is -0.137. The molecule has 0 aliphatic heterocycles. The fourth-order valence-electron chi connectivity index (χ4n) is 2.32. The Bertz CT molecular complexity index is 768. The van der Waals surface area contributed by atoms with Crippen LogP contribution in [0.1, 0.15) is 37.5 Å². The third-order valence-electron chi connectivity index (χ3n) is 3.79. The van der Waals surface area contributed by atoms with Gasteiger partial charge in [0.1, 0.15) is 5.75 Å². The molecule has 26 heavy (non-hydrogen) atoms. The van der Waals surface area contributed by atoms with E-state index < -0.39 is 0 Å². The van der Waals surface area contributed by atoms with Crippen LogP contribution < -0.4 is 4.74 Å². The third-order valence-corrected chi connectivity index (χ3v) is 4.28. The summed E-state index contributed by atoms with van der Waals surface area (Å²) in [5.74, 6) is 0.471. The van der Waals surface area contributed by atoms with Gasteiger partial charge in [-0.1, -0.05) is 47.6 Å². The highest BCUT2D eigenvalue weighted by Gasteiger charge is 2.10. The molecule has 0 aliphatic carbocycles. The summed E-state index contributed by atoms with van der Waals surface area (Å²) in [6, 6.07) is 1.99. The zero-order valence-corrected chi connectivity index (χ0v) is 17.1. The van der Waals surface area contributed by atoms with E-state index in [0.717, 1.165) is 33.6 Å². The minimum Gasteiger partial charge on any atom is -0.496 e. The van der Waals surface area contributed by atoms with Crippen molar-refractivity contribution in [2.45, 2.75) is 34.6 Å². The summed E-state index contributed by atoms with van der Waals surface area (Å²) in [5.41, 5.74) is 4.88. The van der Waals surface area contributed by atoms with Crippen molar-refractivity contribution in [1.82, 2.24) is 0 Å². The summed E-state index contributed by atoms with van der Waals surface area (Å²) in [6.45, 7) is 9.98. The first-order chi connectivity index (χ1) is 12.3. The Hall–Kier alpha value is -2.26. The van der Waals surface area contributed by atoms with Gasteiger partial charge in [0.05, 0.1) is 18.7 Å². The summed E-state index contributed by atoms with van der Waals surface area (Å²) in [7, 11) is 1.64. The van der Waals surface area contributed by atoms with Gasteiger partial charge in [0.25, 0.3) is 0 Å². The number of hydrogen-bond acceptors (Lipinski definition) is 3. The lowest BCUT2D eigenvalue weighted by atomic mass is 10.0. The van der Waals surface area contributed by atoms with E-state index in [-0.39, 0.29) is 5.97 Å². The van der Waals surface area contributed by atoms with E-state index in [9.17, 15) is 4.79 Å². The molecule has 0 heterocycles. The maximum Gasteiger partial charge on any atom is 0.330 e. The molecule has 0 fully saturated rings. The van der Waals surface area contributed by atoms with Crippen LogP contribution in [0.5, 0.6) is 5.75 Å². The summed E-state index contributed by atoms with van der Waals surface area (Å²) in [5, 5.41) is 0.703. The van der Waals surface area contributed by atoms with Crippen LogP contribution in [0.15, 0.2) is 47.6 Å². The van der Waals surface area contributed by atoms with Crippen LogP contribution in [-0.2, 0) is 9.53 Å². The highest BCUT2D eigenvalue weighted by atomic mass is 35.5. The van der Waals surface area contributed by atoms with Gasteiger partial charge in [-0.25, -0.2) is 4.79 Å². The van der Waals surface area contributed by atoms with Crippen molar-refractivity contribution >= 4 is 23.6 Å². The number of benzene rings is 1. The zero-order chi connectivity index (χ0) is 19.7. The van der Waals surface area contributed by atoms with E-state index in [1.54, 1.807) is 14.0 Å². The minimum atomic E-state index is -0.324. The maximum absolute atomic E-state index is 11.4. The van der Waals surface area contributed by atoms with E-state index in [1.165, 1.54) is 6.08 Å². The molecule has 0 bridgehead atoms. The molecular formula is C22H27ClO3. The molecule has 0 saturated carbocycles. The number of hydrogen-bond donors (Lipinski definition) is 0. The van der Waals surface area contributed by atoms with Gasteiger partial charge in [0, 0.05) is 11.6 Å². The summed E-state index contributed by atoms with van der Waals surface area (Å²) < 4.78 is 10.2. The number of aryl methyl sites for hydroxylation is 1. The smallest absolute Gasteiger partial charge is 0.330 e. The second kappa shape index (κ2) is 10.7. The first kappa shape index (κ1) is 21.8. The van der Waals surface area contributed by atoms with E-state index in [2.05, 4.69) is 0 Å². The van der Waals surface area contributed by atoms with Gasteiger partial charge < -0.3 is 9.47 Å². The Morgan fingerprint density at radius 2 is 1.88 bits per heavy atom. The van der Waals surface area contributed by atoms with Gasteiger partial charge in [-0.3, -0.25) is 0 Å². The summed E-state index contributed by atoms with van der Waals surface area (Å²) in [6.07, 6.45) is 11.2. The molecule has 0 saturated heterocycles. The Labute approximate surface area is 161 Å². The first-order valence-electron chi connectivity index (χ1n) is 8.51.